The Morgan fingerprint density at radius 1 is 1.05 bits per heavy atom. The van der Waals surface area contributed by atoms with E-state index in [9.17, 15) is 22.0 Å². The minimum atomic E-state index is -4.76. The molecule has 4 heterocycles. The molecule has 0 bridgehead atoms. The predicted molar refractivity (Wildman–Crippen MR) is 148 cm³/mol. The highest BCUT2D eigenvalue weighted by Gasteiger charge is 2.34. The van der Waals surface area contributed by atoms with E-state index in [0.717, 1.165) is 80.5 Å². The van der Waals surface area contributed by atoms with Crippen LogP contribution in [0.4, 0.5) is 33.6 Å². The number of nitrogens with zero attached hydrogens (tertiary/aromatic N) is 6. The average Bonchev–Trinajstić information content (AvgIpc) is 3.39. The lowest BCUT2D eigenvalue weighted by atomic mass is 9.95. The molecule has 1 aromatic carbocycles. The number of aromatic nitrogens is 4. The molecule has 7 nitrogen and oxygen atoms in total. The Labute approximate surface area is 236 Å². The normalized spacial score (nSPS) is 19.1. The third kappa shape index (κ3) is 6.47. The fraction of sp³-hybridized carbons (Fsp3) is 0.552. The zero-order valence-corrected chi connectivity index (χ0v) is 23.4. The van der Waals surface area contributed by atoms with Crippen molar-refractivity contribution in [2.75, 3.05) is 50.0 Å². The van der Waals surface area contributed by atoms with Crippen LogP contribution in [0.5, 0.6) is 0 Å². The van der Waals surface area contributed by atoms with E-state index in [1.165, 1.54) is 6.07 Å². The van der Waals surface area contributed by atoms with Crippen LogP contribution < -0.4 is 10.2 Å². The average molecular weight is 578 g/mol. The fourth-order valence-corrected chi connectivity index (χ4v) is 6.00. The SMILES string of the molecule is CCc1c(NC)ncnc1N1CCC(c2nc(-c3ccc(C(F)(F)F)c(F)c3)cn2CCN2CCCC(F)C2)CC1. The van der Waals surface area contributed by atoms with Crippen molar-refractivity contribution in [1.29, 1.82) is 0 Å². The van der Waals surface area contributed by atoms with Gasteiger partial charge in [-0.15, -0.1) is 0 Å². The van der Waals surface area contributed by atoms with Gasteiger partial charge in [0.2, 0.25) is 0 Å². The summed E-state index contributed by atoms with van der Waals surface area (Å²) in [5.74, 6) is 1.34. The maximum atomic E-state index is 14.4. The van der Waals surface area contributed by atoms with E-state index >= 15 is 0 Å². The summed E-state index contributed by atoms with van der Waals surface area (Å²) >= 11 is 0. The summed E-state index contributed by atoms with van der Waals surface area (Å²) in [6, 6.07) is 2.94. The largest absolute Gasteiger partial charge is 0.419 e. The molecule has 2 fully saturated rings. The summed E-state index contributed by atoms with van der Waals surface area (Å²) in [5, 5.41) is 3.14. The Hall–Kier alpha value is -3.28. The second-order valence-electron chi connectivity index (χ2n) is 10.8. The third-order valence-electron chi connectivity index (χ3n) is 8.16. The predicted octanol–water partition coefficient (Wildman–Crippen LogP) is 5.92. The van der Waals surface area contributed by atoms with Crippen LogP contribution >= 0.6 is 0 Å². The van der Waals surface area contributed by atoms with Crippen molar-refractivity contribution >= 4 is 11.6 Å². The maximum Gasteiger partial charge on any atom is 0.419 e. The number of piperidine rings is 2. The lowest BCUT2D eigenvalue weighted by Crippen LogP contribution is -2.38. The van der Waals surface area contributed by atoms with Crippen molar-refractivity contribution in [1.82, 2.24) is 24.4 Å². The zero-order valence-electron chi connectivity index (χ0n) is 23.4. The molecule has 0 saturated carbocycles. The van der Waals surface area contributed by atoms with Gasteiger partial charge in [-0.05, 0) is 50.8 Å². The van der Waals surface area contributed by atoms with Crippen molar-refractivity contribution in [3.63, 3.8) is 0 Å². The smallest absolute Gasteiger partial charge is 0.373 e. The summed E-state index contributed by atoms with van der Waals surface area (Å²) in [6.07, 6.45) is 1.54. The molecule has 0 aliphatic carbocycles. The van der Waals surface area contributed by atoms with Gasteiger partial charge in [0, 0.05) is 63.0 Å². The van der Waals surface area contributed by atoms with E-state index < -0.39 is 23.7 Å². The van der Waals surface area contributed by atoms with Gasteiger partial charge >= 0.3 is 6.18 Å². The highest BCUT2D eigenvalue weighted by molar-refractivity contribution is 5.60. The first-order valence-electron chi connectivity index (χ1n) is 14.2. The molecule has 3 aromatic rings. The first-order chi connectivity index (χ1) is 19.7. The Kier molecular flexibility index (Phi) is 8.77. The van der Waals surface area contributed by atoms with Gasteiger partial charge in [0.1, 0.15) is 35.8 Å². The van der Waals surface area contributed by atoms with E-state index in [4.69, 9.17) is 4.98 Å². The summed E-state index contributed by atoms with van der Waals surface area (Å²) in [4.78, 5) is 18.1. The molecule has 12 heteroatoms. The van der Waals surface area contributed by atoms with Crippen LogP contribution in [0, 0.1) is 5.82 Å². The van der Waals surface area contributed by atoms with E-state index in [-0.39, 0.29) is 5.92 Å². The molecular weight excluding hydrogens is 541 g/mol. The Bertz CT molecular complexity index is 1330. The van der Waals surface area contributed by atoms with Gasteiger partial charge in [-0.3, -0.25) is 4.90 Å². The quantitative estimate of drug-likeness (QED) is 0.336. The van der Waals surface area contributed by atoms with Gasteiger partial charge in [-0.2, -0.15) is 13.2 Å². The highest BCUT2D eigenvalue weighted by atomic mass is 19.4. The Balaban J connectivity index is 1.39. The second-order valence-corrected chi connectivity index (χ2v) is 10.8. The lowest BCUT2D eigenvalue weighted by molar-refractivity contribution is -0.139. The van der Waals surface area contributed by atoms with Gasteiger partial charge in [-0.1, -0.05) is 13.0 Å². The molecule has 2 aliphatic rings. The molecule has 0 amide bonds. The molecule has 41 heavy (non-hydrogen) atoms. The van der Waals surface area contributed by atoms with Crippen LogP contribution in [0.2, 0.25) is 0 Å². The number of alkyl halides is 4. The number of benzene rings is 1. The fourth-order valence-electron chi connectivity index (χ4n) is 6.00. The number of nitrogens with one attached hydrogen (secondary N) is 1. The van der Waals surface area contributed by atoms with E-state index in [0.29, 0.717) is 37.3 Å². The number of imidazole rings is 1. The van der Waals surface area contributed by atoms with Crippen molar-refractivity contribution < 1.29 is 22.0 Å². The number of hydrogen-bond acceptors (Lipinski definition) is 6. The van der Waals surface area contributed by atoms with E-state index in [1.54, 1.807) is 12.5 Å². The molecule has 222 valence electrons. The zero-order chi connectivity index (χ0) is 29.1. The maximum absolute atomic E-state index is 14.4. The minimum absolute atomic E-state index is 0.102. The number of rotatable bonds is 8. The second kappa shape index (κ2) is 12.3. The first kappa shape index (κ1) is 29.2. The van der Waals surface area contributed by atoms with Crippen molar-refractivity contribution in [3.8, 4) is 11.3 Å². The lowest BCUT2D eigenvalue weighted by Gasteiger charge is -2.34. The van der Waals surface area contributed by atoms with Crippen LogP contribution in [0.15, 0.2) is 30.7 Å². The minimum Gasteiger partial charge on any atom is -0.373 e. The molecule has 1 atom stereocenters. The van der Waals surface area contributed by atoms with Crippen LogP contribution in [-0.2, 0) is 19.1 Å². The highest BCUT2D eigenvalue weighted by Crippen LogP contribution is 2.36. The molecular formula is C29H36F5N7. The molecule has 2 saturated heterocycles. The van der Waals surface area contributed by atoms with Crippen LogP contribution in [0.1, 0.15) is 55.5 Å². The third-order valence-corrected chi connectivity index (χ3v) is 8.16. The molecule has 2 aliphatic heterocycles. The van der Waals surface area contributed by atoms with Gasteiger partial charge in [0.15, 0.2) is 0 Å². The molecule has 5 rings (SSSR count). The molecule has 2 aromatic heterocycles. The summed E-state index contributed by atoms with van der Waals surface area (Å²) in [6.45, 7) is 6.01. The first-order valence-corrected chi connectivity index (χ1v) is 14.2. The van der Waals surface area contributed by atoms with Gasteiger partial charge < -0.3 is 14.8 Å². The summed E-state index contributed by atoms with van der Waals surface area (Å²) in [5.41, 5.74) is 0.494. The molecule has 0 spiro atoms. The summed E-state index contributed by atoms with van der Waals surface area (Å²) < 4.78 is 69.8. The number of likely N-dealkylation sites (tertiary alicyclic amines) is 1. The van der Waals surface area contributed by atoms with E-state index in [2.05, 4.69) is 32.0 Å². The van der Waals surface area contributed by atoms with Crippen molar-refractivity contribution in [2.45, 2.75) is 63.8 Å². The van der Waals surface area contributed by atoms with Gasteiger partial charge in [0.05, 0.1) is 11.3 Å². The number of halogens is 5. The number of hydrogen-bond donors (Lipinski definition) is 1. The number of anilines is 2. The Morgan fingerprint density at radius 2 is 1.83 bits per heavy atom. The molecule has 1 unspecified atom stereocenters. The summed E-state index contributed by atoms with van der Waals surface area (Å²) in [7, 11) is 1.84. The molecule has 0 radical (unpaired) electrons. The Morgan fingerprint density at radius 3 is 2.49 bits per heavy atom. The molecule has 1 N–H and O–H groups in total. The van der Waals surface area contributed by atoms with E-state index in [1.807, 2.05) is 11.6 Å². The van der Waals surface area contributed by atoms with Gasteiger partial charge in [-0.25, -0.2) is 23.7 Å². The topological polar surface area (TPSA) is 62.1 Å². The standard InChI is InChI=1S/C29H36F5N7/c1-3-22-26(35-2)36-18-37-28(22)40-11-8-19(9-12-40)27-38-25(20-6-7-23(24(31)15-20)29(32,33)34)17-41(27)14-13-39-10-4-5-21(30)16-39/h6-7,15,17-19,21H,3-5,8-14,16H2,1-2H3,(H,35,36,37). The van der Waals surface area contributed by atoms with Gasteiger partial charge in [0.25, 0.3) is 0 Å². The van der Waals surface area contributed by atoms with Crippen LogP contribution in [-0.4, -0.2) is 70.4 Å². The monoisotopic (exact) mass is 577 g/mol. The van der Waals surface area contributed by atoms with Crippen molar-refractivity contribution in [3.05, 3.63) is 53.5 Å². The van der Waals surface area contributed by atoms with Crippen LogP contribution in [0.3, 0.4) is 0 Å². The van der Waals surface area contributed by atoms with Crippen molar-refractivity contribution in [2.24, 2.45) is 0 Å². The van der Waals surface area contributed by atoms with Crippen LogP contribution in [0.25, 0.3) is 11.3 Å².